The average molecular weight is 462 g/mol. The number of benzene rings is 1. The minimum Gasteiger partial charge on any atom is -0.383 e. The summed E-state index contributed by atoms with van der Waals surface area (Å²) in [4.78, 5) is 21.1. The van der Waals surface area contributed by atoms with Crippen molar-refractivity contribution in [2.45, 2.75) is 0 Å². The summed E-state index contributed by atoms with van der Waals surface area (Å²) in [7, 11) is 3.31. The van der Waals surface area contributed by atoms with Crippen molar-refractivity contribution in [3.05, 3.63) is 76.2 Å². The van der Waals surface area contributed by atoms with Crippen LogP contribution in [0.15, 0.2) is 60.0 Å². The van der Waals surface area contributed by atoms with Gasteiger partial charge in [0.2, 0.25) is 5.95 Å². The van der Waals surface area contributed by atoms with Gasteiger partial charge in [0.1, 0.15) is 6.07 Å². The minimum atomic E-state index is -0.162. The molecule has 0 saturated carbocycles. The lowest BCUT2D eigenvalue weighted by atomic mass is 10.0. The zero-order valence-corrected chi connectivity index (χ0v) is 18.7. The number of hydrogen-bond acceptors (Lipinski definition) is 7. The van der Waals surface area contributed by atoms with Gasteiger partial charge in [-0.05, 0) is 17.7 Å². The van der Waals surface area contributed by atoms with Gasteiger partial charge in [-0.3, -0.25) is 4.79 Å². The third kappa shape index (κ3) is 4.62. The number of aryl methyl sites for hydroxylation is 1. The summed E-state index contributed by atoms with van der Waals surface area (Å²) in [5.74, 6) is 0.471. The summed E-state index contributed by atoms with van der Waals surface area (Å²) in [5, 5.41) is 17.3. The van der Waals surface area contributed by atoms with Crippen LogP contribution in [0.4, 0.5) is 5.95 Å². The number of halogens is 1. The molecule has 0 fully saturated rings. The van der Waals surface area contributed by atoms with E-state index in [0.717, 1.165) is 11.1 Å². The predicted octanol–water partition coefficient (Wildman–Crippen LogP) is 3.28. The van der Waals surface area contributed by atoms with Crippen LogP contribution in [0, 0.1) is 11.3 Å². The van der Waals surface area contributed by atoms with E-state index in [-0.39, 0.29) is 5.56 Å². The van der Waals surface area contributed by atoms with Crippen molar-refractivity contribution in [1.82, 2.24) is 24.3 Å². The van der Waals surface area contributed by atoms with Crippen molar-refractivity contribution in [1.29, 1.82) is 5.26 Å². The topological polar surface area (TPSA) is 111 Å². The SMILES string of the molecule is COCCNc1ncc(-c2cc(=O)n(C)cc2-c2cnn(-c3cccc(Cl)c3C#N)c2)cn1. The number of nitrogens with zero attached hydrogens (tertiary/aromatic N) is 6. The summed E-state index contributed by atoms with van der Waals surface area (Å²) >= 11 is 6.17. The van der Waals surface area contributed by atoms with Gasteiger partial charge in [0.25, 0.3) is 5.56 Å². The highest BCUT2D eigenvalue weighted by Gasteiger charge is 2.15. The Labute approximate surface area is 194 Å². The van der Waals surface area contributed by atoms with E-state index in [4.69, 9.17) is 16.3 Å². The molecule has 0 spiro atoms. The maximum Gasteiger partial charge on any atom is 0.250 e. The fourth-order valence-electron chi connectivity index (χ4n) is 3.33. The number of rotatable bonds is 7. The van der Waals surface area contributed by atoms with E-state index in [2.05, 4.69) is 26.5 Å². The van der Waals surface area contributed by atoms with E-state index < -0.39 is 0 Å². The number of ether oxygens (including phenoxy) is 1. The van der Waals surface area contributed by atoms with Crippen molar-refractivity contribution in [2.24, 2.45) is 7.05 Å². The highest BCUT2D eigenvalue weighted by molar-refractivity contribution is 6.32. The first kappa shape index (κ1) is 22.2. The fraction of sp³-hybridized carbons (Fsp3) is 0.174. The zero-order valence-electron chi connectivity index (χ0n) is 18.0. The lowest BCUT2D eigenvalue weighted by molar-refractivity contribution is 0.210. The second-order valence-corrected chi connectivity index (χ2v) is 7.59. The summed E-state index contributed by atoms with van der Waals surface area (Å²) < 4.78 is 8.10. The van der Waals surface area contributed by atoms with Crippen LogP contribution in [0.2, 0.25) is 5.02 Å². The van der Waals surface area contributed by atoms with E-state index in [9.17, 15) is 10.1 Å². The third-order valence-corrected chi connectivity index (χ3v) is 5.34. The molecule has 0 bridgehead atoms. The van der Waals surface area contributed by atoms with Gasteiger partial charge in [-0.2, -0.15) is 10.4 Å². The van der Waals surface area contributed by atoms with Gasteiger partial charge in [-0.1, -0.05) is 17.7 Å². The average Bonchev–Trinajstić information content (AvgIpc) is 3.31. The molecule has 0 atom stereocenters. The first-order valence-electron chi connectivity index (χ1n) is 10.0. The second kappa shape index (κ2) is 9.65. The Balaban J connectivity index is 1.75. The molecule has 3 heterocycles. The van der Waals surface area contributed by atoms with Gasteiger partial charge in [0.15, 0.2) is 0 Å². The molecular weight excluding hydrogens is 442 g/mol. The van der Waals surface area contributed by atoms with Crippen LogP contribution in [0.1, 0.15) is 5.56 Å². The van der Waals surface area contributed by atoms with E-state index >= 15 is 0 Å². The summed E-state index contributed by atoms with van der Waals surface area (Å²) in [6.07, 6.45) is 8.53. The van der Waals surface area contributed by atoms with Gasteiger partial charge in [-0.25, -0.2) is 14.6 Å². The highest BCUT2D eigenvalue weighted by Crippen LogP contribution is 2.31. The molecule has 9 nitrogen and oxygen atoms in total. The highest BCUT2D eigenvalue weighted by atomic mass is 35.5. The molecule has 0 aliphatic heterocycles. The number of aromatic nitrogens is 5. The maximum atomic E-state index is 12.4. The Morgan fingerprint density at radius 2 is 1.94 bits per heavy atom. The molecule has 0 radical (unpaired) electrons. The molecule has 1 N–H and O–H groups in total. The molecule has 33 heavy (non-hydrogen) atoms. The normalized spacial score (nSPS) is 10.7. The first-order chi connectivity index (χ1) is 16.0. The van der Waals surface area contributed by atoms with Gasteiger partial charge < -0.3 is 14.6 Å². The molecule has 166 valence electrons. The Bertz CT molecular complexity index is 1390. The summed E-state index contributed by atoms with van der Waals surface area (Å²) in [6, 6.07) is 8.86. The molecular formula is C23H20ClN7O2. The molecule has 4 aromatic rings. The first-order valence-corrected chi connectivity index (χ1v) is 10.4. The van der Waals surface area contributed by atoms with Crippen LogP contribution < -0.4 is 10.9 Å². The predicted molar refractivity (Wildman–Crippen MR) is 125 cm³/mol. The second-order valence-electron chi connectivity index (χ2n) is 7.18. The molecule has 4 rings (SSSR count). The molecule has 3 aromatic heterocycles. The zero-order chi connectivity index (χ0) is 23.4. The van der Waals surface area contributed by atoms with E-state index in [1.807, 2.05) is 0 Å². The summed E-state index contributed by atoms with van der Waals surface area (Å²) in [5.41, 5.74) is 3.63. The van der Waals surface area contributed by atoms with Crippen molar-refractivity contribution >= 4 is 17.5 Å². The van der Waals surface area contributed by atoms with Crippen LogP contribution in [-0.4, -0.2) is 44.6 Å². The maximum absolute atomic E-state index is 12.4. The molecule has 0 unspecified atom stereocenters. The van der Waals surface area contributed by atoms with E-state index in [0.29, 0.717) is 46.5 Å². The van der Waals surface area contributed by atoms with Gasteiger partial charge in [0, 0.05) is 68.2 Å². The van der Waals surface area contributed by atoms with E-state index in [1.165, 1.54) is 4.57 Å². The molecule has 0 amide bonds. The molecule has 0 aliphatic rings. The molecule has 1 aromatic carbocycles. The van der Waals surface area contributed by atoms with Crippen LogP contribution in [0.5, 0.6) is 0 Å². The van der Waals surface area contributed by atoms with Crippen LogP contribution in [-0.2, 0) is 11.8 Å². The van der Waals surface area contributed by atoms with Crippen LogP contribution in [0.3, 0.4) is 0 Å². The van der Waals surface area contributed by atoms with Crippen molar-refractivity contribution in [3.63, 3.8) is 0 Å². The number of nitriles is 1. The Kier molecular flexibility index (Phi) is 6.49. The standard InChI is InChI=1S/C23H20ClN7O2/c1-30-14-19(16-12-29-31(13-16)21-5-3-4-20(24)18(21)9-25)17(8-22(30)32)15-10-27-23(28-11-15)26-6-7-33-2/h3-5,8,10-14H,6-7H2,1-2H3,(H,26,27,28). The Morgan fingerprint density at radius 3 is 2.67 bits per heavy atom. The lowest BCUT2D eigenvalue weighted by Crippen LogP contribution is -2.15. The van der Waals surface area contributed by atoms with Gasteiger partial charge in [-0.15, -0.1) is 0 Å². The van der Waals surface area contributed by atoms with Crippen LogP contribution >= 0.6 is 11.6 Å². The van der Waals surface area contributed by atoms with Gasteiger partial charge >= 0.3 is 0 Å². The van der Waals surface area contributed by atoms with Gasteiger partial charge in [0.05, 0.1) is 29.1 Å². The number of nitrogens with one attached hydrogen (secondary N) is 1. The van der Waals surface area contributed by atoms with Crippen molar-refractivity contribution in [3.8, 4) is 34.0 Å². The number of methoxy groups -OCH3 is 1. The number of pyridine rings is 1. The Morgan fingerprint density at radius 1 is 1.15 bits per heavy atom. The van der Waals surface area contributed by atoms with Crippen molar-refractivity contribution in [2.75, 3.05) is 25.6 Å². The lowest BCUT2D eigenvalue weighted by Gasteiger charge is -2.11. The monoisotopic (exact) mass is 461 g/mol. The number of anilines is 1. The van der Waals surface area contributed by atoms with Crippen LogP contribution in [0.25, 0.3) is 27.9 Å². The Hall–Kier alpha value is -4.00. The molecule has 10 heteroatoms. The minimum absolute atomic E-state index is 0.162. The molecule has 0 saturated heterocycles. The number of hydrogen-bond donors (Lipinski definition) is 1. The third-order valence-electron chi connectivity index (χ3n) is 5.02. The molecule has 0 aliphatic carbocycles. The van der Waals surface area contributed by atoms with Crippen molar-refractivity contribution < 1.29 is 4.74 Å². The fourth-order valence-corrected chi connectivity index (χ4v) is 3.54. The quantitative estimate of drug-likeness (QED) is 0.420. The largest absolute Gasteiger partial charge is 0.383 e. The smallest absolute Gasteiger partial charge is 0.250 e. The van der Waals surface area contributed by atoms with E-state index in [1.54, 1.807) is 74.1 Å². The summed E-state index contributed by atoms with van der Waals surface area (Å²) in [6.45, 7) is 1.12.